The second kappa shape index (κ2) is 10.4. The van der Waals surface area contributed by atoms with E-state index in [1.165, 1.54) is 4.90 Å². The molecule has 2 aromatic heterocycles. The van der Waals surface area contributed by atoms with Crippen LogP contribution >= 0.6 is 0 Å². The molecule has 7 heteroatoms. The molecule has 1 amide bonds. The highest BCUT2D eigenvalue weighted by Gasteiger charge is 2.20. The summed E-state index contributed by atoms with van der Waals surface area (Å²) in [5.74, 6) is 0.861. The Labute approximate surface area is 204 Å². The average Bonchev–Trinajstić information content (AvgIpc) is 2.88. The Morgan fingerprint density at radius 2 is 1.80 bits per heavy atom. The maximum Gasteiger partial charge on any atom is 0.259 e. The first-order valence-electron chi connectivity index (χ1n) is 11.5. The van der Waals surface area contributed by atoms with E-state index in [-0.39, 0.29) is 16.9 Å². The second-order valence-electron chi connectivity index (χ2n) is 8.40. The van der Waals surface area contributed by atoms with Crippen LogP contribution in [0.1, 0.15) is 34.1 Å². The van der Waals surface area contributed by atoms with Crippen LogP contribution in [0.3, 0.4) is 0 Å². The predicted molar refractivity (Wildman–Crippen MR) is 136 cm³/mol. The molecular formula is C28H29N3O4. The zero-order valence-corrected chi connectivity index (χ0v) is 20.4. The summed E-state index contributed by atoms with van der Waals surface area (Å²) >= 11 is 0. The second-order valence-corrected chi connectivity index (χ2v) is 8.40. The van der Waals surface area contributed by atoms with Gasteiger partial charge in [0.15, 0.2) is 11.5 Å². The highest BCUT2D eigenvalue weighted by Crippen LogP contribution is 2.29. The van der Waals surface area contributed by atoms with Crippen LogP contribution in [-0.4, -0.2) is 34.5 Å². The van der Waals surface area contributed by atoms with E-state index in [0.29, 0.717) is 42.2 Å². The van der Waals surface area contributed by atoms with Gasteiger partial charge in [-0.25, -0.2) is 4.98 Å². The molecular weight excluding hydrogens is 442 g/mol. The maximum atomic E-state index is 13.3. The minimum Gasteiger partial charge on any atom is -0.493 e. The molecule has 0 fully saturated rings. The first kappa shape index (κ1) is 24.0. The minimum absolute atomic E-state index is 0.127. The highest BCUT2D eigenvalue weighted by atomic mass is 16.5. The van der Waals surface area contributed by atoms with E-state index in [1.807, 2.05) is 66.9 Å². The smallest absolute Gasteiger partial charge is 0.259 e. The van der Waals surface area contributed by atoms with E-state index in [4.69, 9.17) is 9.47 Å². The Hall–Kier alpha value is -4.13. The van der Waals surface area contributed by atoms with Crippen molar-refractivity contribution < 1.29 is 14.3 Å². The van der Waals surface area contributed by atoms with E-state index in [9.17, 15) is 9.59 Å². The van der Waals surface area contributed by atoms with E-state index in [0.717, 1.165) is 16.8 Å². The van der Waals surface area contributed by atoms with Crippen molar-refractivity contribution in [3.63, 3.8) is 0 Å². The molecule has 0 aliphatic rings. The molecule has 2 aromatic carbocycles. The van der Waals surface area contributed by atoms with Crippen LogP contribution < -0.4 is 14.9 Å². The zero-order chi connectivity index (χ0) is 24.9. The van der Waals surface area contributed by atoms with Crippen LogP contribution in [0, 0.1) is 6.92 Å². The van der Waals surface area contributed by atoms with Crippen LogP contribution in [0.15, 0.2) is 71.7 Å². The number of aromatic nitrogens is 2. The molecule has 0 saturated carbocycles. The largest absolute Gasteiger partial charge is 0.493 e. The van der Waals surface area contributed by atoms with Crippen molar-refractivity contribution in [2.45, 2.75) is 33.5 Å². The van der Waals surface area contributed by atoms with Gasteiger partial charge in [0, 0.05) is 32.0 Å². The number of nitrogens with zero attached hydrogens (tertiary/aromatic N) is 3. The summed E-state index contributed by atoms with van der Waals surface area (Å²) in [6.45, 7) is 5.17. The van der Waals surface area contributed by atoms with E-state index >= 15 is 0 Å². The first-order chi connectivity index (χ1) is 16.9. The SMILES string of the molecule is CCn1cc(C(=O)N(C)Cc2ccc(OCc3ccccc3)c(OC)c2)c(=O)c2ccc(C)nc21. The molecule has 0 aliphatic heterocycles. The standard InChI is InChI=1S/C28H29N3O4/c1-5-31-17-23(26(32)22-13-11-19(2)29-27(22)31)28(33)30(3)16-21-12-14-24(25(15-21)34-4)35-18-20-9-7-6-8-10-20/h6-15,17H,5,16,18H2,1-4H3. The Bertz CT molecular complexity index is 1410. The number of aryl methyl sites for hydroxylation is 2. The number of hydrogen-bond acceptors (Lipinski definition) is 5. The van der Waals surface area contributed by atoms with Crippen molar-refractivity contribution in [1.82, 2.24) is 14.5 Å². The summed E-state index contributed by atoms with van der Waals surface area (Å²) in [6.07, 6.45) is 1.61. The molecule has 0 bridgehead atoms. The topological polar surface area (TPSA) is 73.7 Å². The molecule has 2 heterocycles. The fourth-order valence-corrected chi connectivity index (χ4v) is 3.97. The summed E-state index contributed by atoms with van der Waals surface area (Å²) < 4.78 is 13.3. The molecule has 4 aromatic rings. The third kappa shape index (κ3) is 5.19. The summed E-state index contributed by atoms with van der Waals surface area (Å²) in [6, 6.07) is 19.0. The van der Waals surface area contributed by atoms with Crippen LogP contribution in [0.4, 0.5) is 0 Å². The van der Waals surface area contributed by atoms with Crippen molar-refractivity contribution in [3.05, 3.63) is 99.5 Å². The molecule has 0 aliphatic carbocycles. The average molecular weight is 472 g/mol. The molecule has 7 nitrogen and oxygen atoms in total. The third-order valence-electron chi connectivity index (χ3n) is 5.86. The lowest BCUT2D eigenvalue weighted by Gasteiger charge is -2.19. The Morgan fingerprint density at radius 1 is 1.03 bits per heavy atom. The number of methoxy groups -OCH3 is 1. The van der Waals surface area contributed by atoms with Gasteiger partial charge >= 0.3 is 0 Å². The van der Waals surface area contributed by atoms with Crippen molar-refractivity contribution in [2.24, 2.45) is 0 Å². The van der Waals surface area contributed by atoms with Crippen LogP contribution in [-0.2, 0) is 19.7 Å². The lowest BCUT2D eigenvalue weighted by atomic mass is 10.1. The number of benzene rings is 2. The van der Waals surface area contributed by atoms with Gasteiger partial charge in [-0.2, -0.15) is 0 Å². The van der Waals surface area contributed by atoms with Crippen LogP contribution in [0.5, 0.6) is 11.5 Å². The predicted octanol–water partition coefficient (Wildman–Crippen LogP) is 4.58. The van der Waals surface area contributed by atoms with Gasteiger partial charge < -0.3 is 18.9 Å². The molecule has 0 atom stereocenters. The third-order valence-corrected chi connectivity index (χ3v) is 5.86. The fourth-order valence-electron chi connectivity index (χ4n) is 3.97. The lowest BCUT2D eigenvalue weighted by molar-refractivity contribution is 0.0783. The number of amides is 1. The number of hydrogen-bond donors (Lipinski definition) is 0. The van der Waals surface area contributed by atoms with Crippen LogP contribution in [0.2, 0.25) is 0 Å². The van der Waals surface area contributed by atoms with Gasteiger partial charge in [-0.1, -0.05) is 36.4 Å². The number of fused-ring (bicyclic) bond motifs is 1. The molecule has 180 valence electrons. The Balaban J connectivity index is 1.54. The van der Waals surface area contributed by atoms with Gasteiger partial charge in [-0.15, -0.1) is 0 Å². The van der Waals surface area contributed by atoms with Crippen molar-refractivity contribution >= 4 is 16.9 Å². The van der Waals surface area contributed by atoms with E-state index < -0.39 is 0 Å². The first-order valence-corrected chi connectivity index (χ1v) is 11.5. The monoisotopic (exact) mass is 471 g/mol. The van der Waals surface area contributed by atoms with Gasteiger partial charge in [0.25, 0.3) is 5.91 Å². The molecule has 0 unspecified atom stereocenters. The van der Waals surface area contributed by atoms with Crippen molar-refractivity contribution in [3.8, 4) is 11.5 Å². The number of pyridine rings is 2. The van der Waals surface area contributed by atoms with Gasteiger partial charge in [0.2, 0.25) is 5.43 Å². The molecule has 4 rings (SSSR count). The molecule has 0 saturated heterocycles. The molecule has 0 radical (unpaired) electrons. The van der Waals surface area contributed by atoms with E-state index in [1.54, 1.807) is 32.5 Å². The van der Waals surface area contributed by atoms with Gasteiger partial charge in [-0.3, -0.25) is 9.59 Å². The molecule has 35 heavy (non-hydrogen) atoms. The van der Waals surface area contributed by atoms with Gasteiger partial charge in [0.1, 0.15) is 17.8 Å². The number of carbonyl (C=O) groups is 1. The summed E-state index contributed by atoms with van der Waals surface area (Å²) in [5.41, 5.74) is 3.15. The summed E-state index contributed by atoms with van der Waals surface area (Å²) in [5, 5.41) is 0.443. The van der Waals surface area contributed by atoms with Crippen molar-refractivity contribution in [2.75, 3.05) is 14.2 Å². The van der Waals surface area contributed by atoms with Crippen molar-refractivity contribution in [1.29, 1.82) is 0 Å². The molecule has 0 spiro atoms. The van der Waals surface area contributed by atoms with Crippen LogP contribution in [0.25, 0.3) is 11.0 Å². The zero-order valence-electron chi connectivity index (χ0n) is 20.4. The minimum atomic E-state index is -0.344. The molecule has 0 N–H and O–H groups in total. The summed E-state index contributed by atoms with van der Waals surface area (Å²) in [7, 11) is 3.27. The summed E-state index contributed by atoms with van der Waals surface area (Å²) in [4.78, 5) is 32.4. The van der Waals surface area contributed by atoms with E-state index in [2.05, 4.69) is 4.98 Å². The number of rotatable bonds is 8. The quantitative estimate of drug-likeness (QED) is 0.376. The lowest BCUT2D eigenvalue weighted by Crippen LogP contribution is -2.31. The van der Waals surface area contributed by atoms with Gasteiger partial charge in [0.05, 0.1) is 12.5 Å². The Kier molecular flexibility index (Phi) is 7.15. The maximum absolute atomic E-state index is 13.3. The fraction of sp³-hybridized carbons (Fsp3) is 0.250. The van der Waals surface area contributed by atoms with Gasteiger partial charge in [-0.05, 0) is 49.2 Å². The normalized spacial score (nSPS) is 10.9. The number of carbonyl (C=O) groups excluding carboxylic acids is 1. The Morgan fingerprint density at radius 3 is 2.51 bits per heavy atom. The highest BCUT2D eigenvalue weighted by molar-refractivity contribution is 5.96. The number of ether oxygens (including phenoxy) is 2.